The molecule has 0 radical (unpaired) electrons. The summed E-state index contributed by atoms with van der Waals surface area (Å²) in [4.78, 5) is 12.9. The molecule has 0 amide bonds. The Morgan fingerprint density at radius 1 is 1.29 bits per heavy atom. The number of nitro benzene ring substituents is 1. The van der Waals surface area contributed by atoms with E-state index < -0.39 is 4.92 Å². The Balaban J connectivity index is 1.87. The van der Waals surface area contributed by atoms with Crippen LogP contribution in [-0.4, -0.2) is 49.1 Å². The summed E-state index contributed by atoms with van der Waals surface area (Å²) in [5.74, 6) is 0. The monoisotopic (exact) mass is 332 g/mol. The summed E-state index contributed by atoms with van der Waals surface area (Å²) < 4.78 is 0. The number of nitrogens with zero attached hydrogens (tertiary/aromatic N) is 2. The SMILES string of the molecule is O=[N+]([O-])c1cc(Cl)c(Cl)cc1NCCCN1CCNCC1. The lowest BCUT2D eigenvalue weighted by Crippen LogP contribution is -2.44. The lowest BCUT2D eigenvalue weighted by atomic mass is 10.2. The van der Waals surface area contributed by atoms with Crippen LogP contribution in [0.4, 0.5) is 11.4 Å². The third kappa shape index (κ3) is 4.71. The molecule has 0 atom stereocenters. The van der Waals surface area contributed by atoms with Gasteiger partial charge in [-0.1, -0.05) is 23.2 Å². The maximum absolute atomic E-state index is 11.0. The van der Waals surface area contributed by atoms with Crippen LogP contribution in [0.5, 0.6) is 0 Å². The molecule has 2 rings (SSSR count). The number of hydrogen-bond acceptors (Lipinski definition) is 5. The molecule has 116 valence electrons. The van der Waals surface area contributed by atoms with Crippen molar-refractivity contribution in [2.24, 2.45) is 0 Å². The second-order valence-electron chi connectivity index (χ2n) is 4.91. The first kappa shape index (κ1) is 16.3. The van der Waals surface area contributed by atoms with Gasteiger partial charge in [0.25, 0.3) is 5.69 Å². The van der Waals surface area contributed by atoms with Crippen molar-refractivity contribution in [1.82, 2.24) is 10.2 Å². The van der Waals surface area contributed by atoms with Crippen molar-refractivity contribution in [2.75, 3.05) is 44.6 Å². The maximum atomic E-state index is 11.0. The van der Waals surface area contributed by atoms with Crippen LogP contribution in [0.2, 0.25) is 10.0 Å². The molecule has 1 aromatic rings. The predicted octanol–water partition coefficient (Wildman–Crippen LogP) is 2.61. The molecule has 1 aliphatic rings. The van der Waals surface area contributed by atoms with Crippen molar-refractivity contribution in [1.29, 1.82) is 0 Å². The van der Waals surface area contributed by atoms with E-state index in [1.54, 1.807) is 0 Å². The molecule has 0 unspecified atom stereocenters. The highest BCUT2D eigenvalue weighted by molar-refractivity contribution is 6.42. The van der Waals surface area contributed by atoms with Gasteiger partial charge in [-0.05, 0) is 19.0 Å². The fraction of sp³-hybridized carbons (Fsp3) is 0.538. The van der Waals surface area contributed by atoms with Gasteiger partial charge in [-0.3, -0.25) is 10.1 Å². The van der Waals surface area contributed by atoms with Gasteiger partial charge in [-0.15, -0.1) is 0 Å². The molecule has 0 bridgehead atoms. The molecule has 0 spiro atoms. The average molecular weight is 333 g/mol. The van der Waals surface area contributed by atoms with Crippen molar-refractivity contribution in [3.05, 3.63) is 32.3 Å². The van der Waals surface area contributed by atoms with E-state index in [9.17, 15) is 10.1 Å². The number of halogens is 2. The zero-order valence-electron chi connectivity index (χ0n) is 11.6. The number of piperazine rings is 1. The number of rotatable bonds is 6. The van der Waals surface area contributed by atoms with Crippen molar-refractivity contribution < 1.29 is 4.92 Å². The third-order valence-corrected chi connectivity index (χ3v) is 4.13. The fourth-order valence-corrected chi connectivity index (χ4v) is 2.61. The lowest BCUT2D eigenvalue weighted by molar-refractivity contribution is -0.383. The molecule has 0 aliphatic carbocycles. The molecule has 1 heterocycles. The summed E-state index contributed by atoms with van der Waals surface area (Å²) in [6.07, 6.45) is 0.914. The van der Waals surface area contributed by atoms with Gasteiger partial charge in [0.15, 0.2) is 0 Å². The first-order valence-corrected chi connectivity index (χ1v) is 7.64. The molecule has 2 N–H and O–H groups in total. The van der Waals surface area contributed by atoms with E-state index in [0.717, 1.165) is 39.1 Å². The number of nitro groups is 1. The van der Waals surface area contributed by atoms with Crippen molar-refractivity contribution in [3.8, 4) is 0 Å². The van der Waals surface area contributed by atoms with E-state index >= 15 is 0 Å². The van der Waals surface area contributed by atoms with Gasteiger partial charge in [-0.2, -0.15) is 0 Å². The number of nitrogens with one attached hydrogen (secondary N) is 2. The lowest BCUT2D eigenvalue weighted by Gasteiger charge is -2.27. The zero-order chi connectivity index (χ0) is 15.2. The minimum atomic E-state index is -0.457. The highest BCUT2D eigenvalue weighted by atomic mass is 35.5. The van der Waals surface area contributed by atoms with Crippen LogP contribution in [0.3, 0.4) is 0 Å². The molecule has 21 heavy (non-hydrogen) atoms. The van der Waals surface area contributed by atoms with Crippen molar-refractivity contribution >= 4 is 34.6 Å². The normalized spacial score (nSPS) is 15.9. The Labute approximate surface area is 133 Å². The molecular weight excluding hydrogens is 315 g/mol. The molecule has 0 saturated carbocycles. The molecule has 1 saturated heterocycles. The minimum absolute atomic E-state index is 0.0495. The Morgan fingerprint density at radius 2 is 1.95 bits per heavy atom. The summed E-state index contributed by atoms with van der Waals surface area (Å²) in [7, 11) is 0. The smallest absolute Gasteiger partial charge is 0.293 e. The number of anilines is 1. The van der Waals surface area contributed by atoms with Gasteiger partial charge in [0.2, 0.25) is 0 Å². The first-order valence-electron chi connectivity index (χ1n) is 6.88. The summed E-state index contributed by atoms with van der Waals surface area (Å²) in [6.45, 7) is 5.77. The Hall–Kier alpha value is -1.08. The van der Waals surface area contributed by atoms with Gasteiger partial charge in [0.05, 0.1) is 15.0 Å². The molecule has 6 nitrogen and oxygen atoms in total. The minimum Gasteiger partial charge on any atom is -0.379 e. The van der Waals surface area contributed by atoms with E-state index in [0.29, 0.717) is 17.3 Å². The van der Waals surface area contributed by atoms with Crippen LogP contribution in [0.25, 0.3) is 0 Å². The zero-order valence-corrected chi connectivity index (χ0v) is 13.1. The van der Waals surface area contributed by atoms with Crippen LogP contribution >= 0.6 is 23.2 Å². The van der Waals surface area contributed by atoms with Gasteiger partial charge in [0, 0.05) is 38.8 Å². The Morgan fingerprint density at radius 3 is 2.62 bits per heavy atom. The predicted molar refractivity (Wildman–Crippen MR) is 85.5 cm³/mol. The molecular formula is C13H18Cl2N4O2. The largest absolute Gasteiger partial charge is 0.379 e. The van der Waals surface area contributed by atoms with E-state index in [2.05, 4.69) is 15.5 Å². The molecule has 0 aromatic heterocycles. The topological polar surface area (TPSA) is 70.4 Å². The van der Waals surface area contributed by atoms with Crippen LogP contribution in [-0.2, 0) is 0 Å². The highest BCUT2D eigenvalue weighted by Gasteiger charge is 2.16. The molecule has 1 aliphatic heterocycles. The Bertz CT molecular complexity index is 507. The van der Waals surface area contributed by atoms with E-state index in [1.807, 2.05) is 0 Å². The highest BCUT2D eigenvalue weighted by Crippen LogP contribution is 2.33. The molecule has 1 aromatic carbocycles. The summed E-state index contributed by atoms with van der Waals surface area (Å²) in [5, 5.41) is 17.9. The van der Waals surface area contributed by atoms with Crippen LogP contribution in [0, 0.1) is 10.1 Å². The first-order chi connectivity index (χ1) is 10.1. The second kappa shape index (κ2) is 7.79. The number of hydrogen-bond donors (Lipinski definition) is 2. The van der Waals surface area contributed by atoms with Gasteiger partial charge in [-0.25, -0.2) is 0 Å². The quantitative estimate of drug-likeness (QED) is 0.476. The summed E-state index contributed by atoms with van der Waals surface area (Å²) in [6, 6.07) is 2.79. The van der Waals surface area contributed by atoms with Crippen molar-refractivity contribution in [2.45, 2.75) is 6.42 Å². The second-order valence-corrected chi connectivity index (χ2v) is 5.73. The standard InChI is InChI=1S/C13H18Cl2N4O2/c14-10-8-12(13(19(20)21)9-11(10)15)17-2-1-5-18-6-3-16-4-7-18/h8-9,16-17H,1-7H2. The average Bonchev–Trinajstić information content (AvgIpc) is 2.47. The molecule has 8 heteroatoms. The van der Waals surface area contributed by atoms with Gasteiger partial charge < -0.3 is 15.5 Å². The van der Waals surface area contributed by atoms with Crippen LogP contribution in [0.1, 0.15) is 6.42 Å². The Kier molecular flexibility index (Phi) is 6.05. The maximum Gasteiger partial charge on any atom is 0.293 e. The van der Waals surface area contributed by atoms with E-state index in [1.165, 1.54) is 12.1 Å². The van der Waals surface area contributed by atoms with E-state index in [4.69, 9.17) is 23.2 Å². The van der Waals surface area contributed by atoms with Crippen LogP contribution in [0.15, 0.2) is 12.1 Å². The van der Waals surface area contributed by atoms with Gasteiger partial charge in [0.1, 0.15) is 5.69 Å². The number of benzene rings is 1. The van der Waals surface area contributed by atoms with E-state index in [-0.39, 0.29) is 10.7 Å². The van der Waals surface area contributed by atoms with Crippen molar-refractivity contribution in [3.63, 3.8) is 0 Å². The van der Waals surface area contributed by atoms with Crippen LogP contribution < -0.4 is 10.6 Å². The summed E-state index contributed by atoms with van der Waals surface area (Å²) >= 11 is 11.7. The molecule has 1 fully saturated rings. The summed E-state index contributed by atoms with van der Waals surface area (Å²) in [5.41, 5.74) is 0.362. The van der Waals surface area contributed by atoms with Gasteiger partial charge >= 0.3 is 0 Å². The fourth-order valence-electron chi connectivity index (χ4n) is 2.29. The third-order valence-electron chi connectivity index (χ3n) is 3.41.